The summed E-state index contributed by atoms with van der Waals surface area (Å²) in [4.78, 5) is 15.9. The van der Waals surface area contributed by atoms with Gasteiger partial charge in [-0.1, -0.05) is 18.3 Å². The molecule has 2 aromatic heterocycles. The average Bonchev–Trinajstić information content (AvgIpc) is 2.89. The van der Waals surface area contributed by atoms with Crippen molar-refractivity contribution in [3.63, 3.8) is 0 Å². The highest BCUT2D eigenvalue weighted by Gasteiger charge is 2.17. The molecular formula is C12H14FN5OS. The Balaban J connectivity index is 2.18. The van der Waals surface area contributed by atoms with E-state index in [0.29, 0.717) is 11.7 Å². The molecule has 20 heavy (non-hydrogen) atoms. The summed E-state index contributed by atoms with van der Waals surface area (Å²) in [7, 11) is 0. The van der Waals surface area contributed by atoms with Crippen LogP contribution in [-0.2, 0) is 6.42 Å². The first-order valence-corrected chi connectivity index (χ1v) is 6.99. The molecule has 0 saturated heterocycles. The lowest BCUT2D eigenvalue weighted by Crippen LogP contribution is -2.15. The van der Waals surface area contributed by atoms with Gasteiger partial charge in [0.15, 0.2) is 11.6 Å². The summed E-state index contributed by atoms with van der Waals surface area (Å²) >= 11 is 1.27. The van der Waals surface area contributed by atoms with Gasteiger partial charge < -0.3 is 5.32 Å². The van der Waals surface area contributed by atoms with Crippen molar-refractivity contribution in [3.8, 4) is 0 Å². The van der Waals surface area contributed by atoms with Crippen molar-refractivity contribution < 1.29 is 9.18 Å². The molecule has 8 heteroatoms. The fourth-order valence-electron chi connectivity index (χ4n) is 1.52. The van der Waals surface area contributed by atoms with Crippen LogP contribution in [0.5, 0.6) is 0 Å². The molecular weight excluding hydrogens is 281 g/mol. The van der Waals surface area contributed by atoms with E-state index in [4.69, 9.17) is 0 Å². The predicted molar refractivity (Wildman–Crippen MR) is 75.6 cm³/mol. The summed E-state index contributed by atoms with van der Waals surface area (Å²) in [6.45, 7) is 4.28. The molecule has 2 N–H and O–H groups in total. The highest BCUT2D eigenvalue weighted by molar-refractivity contribution is 7.15. The smallest absolute Gasteiger partial charge is 0.260 e. The molecule has 2 heterocycles. The predicted octanol–water partition coefficient (Wildman–Crippen LogP) is 2.32. The van der Waals surface area contributed by atoms with E-state index in [1.54, 1.807) is 0 Å². The molecule has 0 radical (unpaired) electrons. The van der Waals surface area contributed by atoms with Gasteiger partial charge in [0.1, 0.15) is 5.01 Å². The van der Waals surface area contributed by atoms with Gasteiger partial charge in [-0.25, -0.2) is 9.37 Å². The Kier molecular flexibility index (Phi) is 4.57. The molecule has 0 fully saturated rings. The zero-order valence-electron chi connectivity index (χ0n) is 11.1. The highest BCUT2D eigenvalue weighted by Crippen LogP contribution is 2.19. The summed E-state index contributed by atoms with van der Waals surface area (Å²) in [6, 6.07) is 1.33. The molecule has 0 aliphatic carbocycles. The van der Waals surface area contributed by atoms with Gasteiger partial charge in [-0.3, -0.25) is 10.1 Å². The van der Waals surface area contributed by atoms with Crippen molar-refractivity contribution in [1.82, 2.24) is 15.2 Å². The zero-order chi connectivity index (χ0) is 14.5. The first-order chi connectivity index (χ1) is 9.65. The van der Waals surface area contributed by atoms with E-state index in [0.717, 1.165) is 11.4 Å². The van der Waals surface area contributed by atoms with Gasteiger partial charge >= 0.3 is 0 Å². The van der Waals surface area contributed by atoms with E-state index in [-0.39, 0.29) is 11.4 Å². The SMILES string of the molecule is CCNc1nccc(C(=O)Nc2nnc(CC)s2)c1F. The first kappa shape index (κ1) is 14.3. The highest BCUT2D eigenvalue weighted by atomic mass is 32.1. The third-order valence-corrected chi connectivity index (χ3v) is 3.45. The van der Waals surface area contributed by atoms with E-state index < -0.39 is 11.7 Å². The average molecular weight is 295 g/mol. The minimum absolute atomic E-state index is 0.0617. The molecule has 106 valence electrons. The van der Waals surface area contributed by atoms with Crippen LogP contribution in [0.3, 0.4) is 0 Å². The molecule has 0 bridgehead atoms. The van der Waals surface area contributed by atoms with Crippen LogP contribution >= 0.6 is 11.3 Å². The standard InChI is InChI=1S/C12H14FN5OS/c1-3-8-17-18-12(20-8)16-11(19)7-5-6-15-10(9(7)13)14-4-2/h5-6H,3-4H2,1-2H3,(H,14,15)(H,16,18,19). The number of halogens is 1. The number of aromatic nitrogens is 3. The lowest BCUT2D eigenvalue weighted by Gasteiger charge is -2.07. The maximum Gasteiger partial charge on any atom is 0.260 e. The molecule has 2 aromatic rings. The van der Waals surface area contributed by atoms with Crippen LogP contribution in [0.2, 0.25) is 0 Å². The number of rotatable bonds is 5. The second-order valence-electron chi connectivity index (χ2n) is 3.86. The van der Waals surface area contributed by atoms with Gasteiger partial charge in [0.2, 0.25) is 5.13 Å². The quantitative estimate of drug-likeness (QED) is 0.885. The molecule has 6 nitrogen and oxygen atoms in total. The van der Waals surface area contributed by atoms with E-state index in [1.165, 1.54) is 23.6 Å². The molecule has 0 aliphatic heterocycles. The lowest BCUT2D eigenvalue weighted by molar-refractivity contribution is 0.102. The maximum atomic E-state index is 14.1. The second-order valence-corrected chi connectivity index (χ2v) is 4.92. The minimum atomic E-state index is -0.674. The van der Waals surface area contributed by atoms with Crippen molar-refractivity contribution in [1.29, 1.82) is 0 Å². The molecule has 1 amide bonds. The van der Waals surface area contributed by atoms with E-state index in [1.807, 2.05) is 13.8 Å². The number of amides is 1. The van der Waals surface area contributed by atoms with Gasteiger partial charge in [0, 0.05) is 12.7 Å². The van der Waals surface area contributed by atoms with Gasteiger partial charge in [0.05, 0.1) is 5.56 Å². The number of hydrogen-bond donors (Lipinski definition) is 2. The van der Waals surface area contributed by atoms with Crippen molar-refractivity contribution in [2.45, 2.75) is 20.3 Å². The molecule has 0 aromatic carbocycles. The zero-order valence-corrected chi connectivity index (χ0v) is 11.9. The number of carbonyl (C=O) groups is 1. The molecule has 0 saturated carbocycles. The number of pyridine rings is 1. The number of nitrogens with zero attached hydrogens (tertiary/aromatic N) is 3. The molecule has 0 spiro atoms. The number of nitrogens with one attached hydrogen (secondary N) is 2. The Morgan fingerprint density at radius 3 is 2.85 bits per heavy atom. The number of carbonyl (C=O) groups excluding carboxylic acids is 1. The largest absolute Gasteiger partial charge is 0.368 e. The van der Waals surface area contributed by atoms with Crippen LogP contribution in [-0.4, -0.2) is 27.6 Å². The van der Waals surface area contributed by atoms with Gasteiger partial charge in [-0.2, -0.15) is 0 Å². The summed E-state index contributed by atoms with van der Waals surface area (Å²) in [5.41, 5.74) is -0.0794. The van der Waals surface area contributed by atoms with Gasteiger partial charge in [-0.05, 0) is 19.4 Å². The van der Waals surface area contributed by atoms with E-state index in [9.17, 15) is 9.18 Å². The summed E-state index contributed by atoms with van der Waals surface area (Å²) in [5, 5.41) is 14.2. The summed E-state index contributed by atoms with van der Waals surface area (Å²) in [6.07, 6.45) is 2.12. The summed E-state index contributed by atoms with van der Waals surface area (Å²) < 4.78 is 14.1. The third-order valence-electron chi connectivity index (χ3n) is 2.47. The van der Waals surface area contributed by atoms with E-state index >= 15 is 0 Å². The van der Waals surface area contributed by atoms with Crippen LogP contribution in [0.25, 0.3) is 0 Å². The fourth-order valence-corrected chi connectivity index (χ4v) is 2.20. The van der Waals surface area contributed by atoms with Crippen molar-refractivity contribution >= 4 is 28.2 Å². The first-order valence-electron chi connectivity index (χ1n) is 6.17. The number of anilines is 2. The Morgan fingerprint density at radius 1 is 1.40 bits per heavy atom. The van der Waals surface area contributed by atoms with E-state index in [2.05, 4.69) is 25.8 Å². The van der Waals surface area contributed by atoms with Gasteiger partial charge in [0.25, 0.3) is 5.91 Å². The maximum absolute atomic E-state index is 14.1. The molecule has 0 unspecified atom stereocenters. The van der Waals surface area contributed by atoms with Crippen molar-refractivity contribution in [2.24, 2.45) is 0 Å². The number of hydrogen-bond acceptors (Lipinski definition) is 6. The van der Waals surface area contributed by atoms with Crippen LogP contribution in [0.15, 0.2) is 12.3 Å². The monoisotopic (exact) mass is 295 g/mol. The van der Waals surface area contributed by atoms with Crippen molar-refractivity contribution in [2.75, 3.05) is 17.2 Å². The Morgan fingerprint density at radius 2 is 2.20 bits per heavy atom. The van der Waals surface area contributed by atoms with Crippen LogP contribution < -0.4 is 10.6 Å². The minimum Gasteiger partial charge on any atom is -0.368 e. The Labute approximate surface area is 119 Å². The van der Waals surface area contributed by atoms with Crippen LogP contribution in [0.4, 0.5) is 15.3 Å². The lowest BCUT2D eigenvalue weighted by atomic mass is 10.2. The second kappa shape index (κ2) is 6.38. The Hall–Kier alpha value is -2.09. The third kappa shape index (κ3) is 3.08. The van der Waals surface area contributed by atoms with Crippen LogP contribution in [0, 0.1) is 5.82 Å². The number of aryl methyl sites for hydroxylation is 1. The fraction of sp³-hybridized carbons (Fsp3) is 0.333. The molecule has 0 atom stereocenters. The van der Waals surface area contributed by atoms with Gasteiger partial charge in [-0.15, -0.1) is 10.2 Å². The molecule has 0 aliphatic rings. The van der Waals surface area contributed by atoms with Crippen molar-refractivity contribution in [3.05, 3.63) is 28.7 Å². The van der Waals surface area contributed by atoms with Crippen LogP contribution in [0.1, 0.15) is 29.2 Å². The normalized spacial score (nSPS) is 10.3. The Bertz CT molecular complexity index is 616. The topological polar surface area (TPSA) is 79.8 Å². The molecule has 2 rings (SSSR count). The summed E-state index contributed by atoms with van der Waals surface area (Å²) in [5.74, 6) is -1.18.